The highest BCUT2D eigenvalue weighted by atomic mass is 127. The minimum atomic E-state index is -0.170. The second-order valence-corrected chi connectivity index (χ2v) is 6.68. The number of halogens is 1. The van der Waals surface area contributed by atoms with E-state index in [-0.39, 0.29) is 18.6 Å². The number of hydrogen-bond donors (Lipinski definition) is 1. The molecule has 1 amide bonds. The maximum Gasteiger partial charge on any atom is 0.258 e. The van der Waals surface area contributed by atoms with Crippen molar-refractivity contribution < 1.29 is 19.0 Å². The molecule has 0 aliphatic carbocycles. The van der Waals surface area contributed by atoms with Gasteiger partial charge in [-0.05, 0) is 65.4 Å². The van der Waals surface area contributed by atoms with Gasteiger partial charge in [0, 0.05) is 3.57 Å². The van der Waals surface area contributed by atoms with Crippen molar-refractivity contribution in [2.24, 2.45) is 0 Å². The molecule has 0 radical (unpaired) electrons. The summed E-state index contributed by atoms with van der Waals surface area (Å²) in [5.41, 5.74) is 0.960. The van der Waals surface area contributed by atoms with Crippen molar-refractivity contribution in [1.82, 2.24) is 5.32 Å². The summed E-state index contributed by atoms with van der Waals surface area (Å²) in [6.45, 7) is 3.01. The molecular weight excluding hydrogens is 421 g/mol. The Morgan fingerprint density at radius 2 is 2.00 bits per heavy atom. The zero-order valence-electron chi connectivity index (χ0n) is 13.3. The van der Waals surface area contributed by atoms with Crippen LogP contribution in [0.25, 0.3) is 0 Å². The third-order valence-electron chi connectivity index (χ3n) is 3.61. The fourth-order valence-electron chi connectivity index (χ4n) is 2.40. The molecule has 0 aromatic heterocycles. The highest BCUT2D eigenvalue weighted by molar-refractivity contribution is 14.1. The zero-order valence-corrected chi connectivity index (χ0v) is 15.4. The van der Waals surface area contributed by atoms with E-state index in [0.717, 1.165) is 20.6 Å². The van der Waals surface area contributed by atoms with Crippen molar-refractivity contribution in [3.8, 4) is 17.2 Å². The first kappa shape index (κ1) is 16.9. The Hall–Kier alpha value is -1.96. The predicted octanol–water partition coefficient (Wildman–Crippen LogP) is 3.32. The summed E-state index contributed by atoms with van der Waals surface area (Å²) in [6.07, 6.45) is 0. The van der Waals surface area contributed by atoms with Gasteiger partial charge >= 0.3 is 0 Å². The molecular formula is C18H18INO4. The fraction of sp³-hybridized carbons (Fsp3) is 0.278. The van der Waals surface area contributed by atoms with Gasteiger partial charge in [0.25, 0.3) is 5.91 Å². The molecule has 1 atom stereocenters. The quantitative estimate of drug-likeness (QED) is 0.727. The van der Waals surface area contributed by atoms with Crippen molar-refractivity contribution in [3.63, 3.8) is 0 Å². The molecule has 5 nitrogen and oxygen atoms in total. The Kier molecular flexibility index (Phi) is 5.44. The van der Waals surface area contributed by atoms with Crippen LogP contribution in [-0.2, 0) is 4.79 Å². The smallest absolute Gasteiger partial charge is 0.258 e. The maximum atomic E-state index is 12.1. The zero-order chi connectivity index (χ0) is 16.9. The van der Waals surface area contributed by atoms with E-state index >= 15 is 0 Å². The standard InChI is InChI=1S/C18H18INO4/c1-12(13-5-6-16-17(9-13)23-8-7-22-16)20-18(21)11-24-15-4-2-3-14(19)10-15/h2-6,9-10,12H,7-8,11H2,1H3,(H,20,21). The van der Waals surface area contributed by atoms with Gasteiger partial charge in [-0.25, -0.2) is 0 Å². The number of carbonyl (C=O) groups is 1. The normalized spacial score (nSPS) is 13.9. The van der Waals surface area contributed by atoms with Gasteiger partial charge in [-0.3, -0.25) is 4.79 Å². The molecule has 3 rings (SSSR count). The number of amides is 1. The van der Waals surface area contributed by atoms with Crippen LogP contribution in [0.1, 0.15) is 18.5 Å². The first-order chi connectivity index (χ1) is 11.6. The monoisotopic (exact) mass is 439 g/mol. The van der Waals surface area contributed by atoms with Crippen LogP contribution in [0.15, 0.2) is 42.5 Å². The van der Waals surface area contributed by atoms with Crippen LogP contribution >= 0.6 is 22.6 Å². The molecule has 0 saturated carbocycles. The molecule has 2 aromatic rings. The fourth-order valence-corrected chi connectivity index (χ4v) is 2.92. The van der Waals surface area contributed by atoms with Crippen LogP contribution in [0.4, 0.5) is 0 Å². The second kappa shape index (κ2) is 7.74. The van der Waals surface area contributed by atoms with E-state index in [2.05, 4.69) is 27.9 Å². The average molecular weight is 439 g/mol. The molecule has 1 aliphatic heterocycles. The Balaban J connectivity index is 1.56. The van der Waals surface area contributed by atoms with Gasteiger partial charge in [0.1, 0.15) is 19.0 Å². The maximum absolute atomic E-state index is 12.1. The number of ether oxygens (including phenoxy) is 3. The summed E-state index contributed by atoms with van der Waals surface area (Å²) in [7, 11) is 0. The molecule has 24 heavy (non-hydrogen) atoms. The van der Waals surface area contributed by atoms with Crippen LogP contribution in [0.2, 0.25) is 0 Å². The third kappa shape index (κ3) is 4.31. The molecule has 1 heterocycles. The molecule has 0 saturated heterocycles. The van der Waals surface area contributed by atoms with E-state index in [0.29, 0.717) is 19.0 Å². The SMILES string of the molecule is CC(NC(=O)COc1cccc(I)c1)c1ccc2c(c1)OCCO2. The number of nitrogens with one attached hydrogen (secondary N) is 1. The van der Waals surface area contributed by atoms with E-state index in [4.69, 9.17) is 14.2 Å². The minimum absolute atomic E-state index is 0.0189. The van der Waals surface area contributed by atoms with E-state index in [1.165, 1.54) is 0 Å². The lowest BCUT2D eigenvalue weighted by Crippen LogP contribution is -2.31. The Morgan fingerprint density at radius 1 is 1.21 bits per heavy atom. The Labute approximate surface area is 154 Å². The van der Waals surface area contributed by atoms with E-state index < -0.39 is 0 Å². The Morgan fingerprint density at radius 3 is 2.79 bits per heavy atom. The minimum Gasteiger partial charge on any atom is -0.486 e. The largest absolute Gasteiger partial charge is 0.486 e. The predicted molar refractivity (Wildman–Crippen MR) is 98.6 cm³/mol. The van der Waals surface area contributed by atoms with Crippen molar-refractivity contribution in [3.05, 3.63) is 51.6 Å². The topological polar surface area (TPSA) is 56.8 Å². The van der Waals surface area contributed by atoms with Crippen molar-refractivity contribution >= 4 is 28.5 Å². The van der Waals surface area contributed by atoms with Gasteiger partial charge in [0.15, 0.2) is 18.1 Å². The number of hydrogen-bond acceptors (Lipinski definition) is 4. The van der Waals surface area contributed by atoms with Crippen molar-refractivity contribution in [2.45, 2.75) is 13.0 Å². The first-order valence-electron chi connectivity index (χ1n) is 7.69. The van der Waals surface area contributed by atoms with Gasteiger partial charge in [0.2, 0.25) is 0 Å². The summed E-state index contributed by atoms with van der Waals surface area (Å²) < 4.78 is 17.7. The average Bonchev–Trinajstić information content (AvgIpc) is 2.59. The summed E-state index contributed by atoms with van der Waals surface area (Å²) in [6, 6.07) is 13.1. The lowest BCUT2D eigenvalue weighted by molar-refractivity contribution is -0.123. The highest BCUT2D eigenvalue weighted by Crippen LogP contribution is 2.32. The number of fused-ring (bicyclic) bond motifs is 1. The summed E-state index contributed by atoms with van der Waals surface area (Å²) >= 11 is 2.20. The summed E-state index contributed by atoms with van der Waals surface area (Å²) in [5.74, 6) is 1.97. The lowest BCUT2D eigenvalue weighted by atomic mass is 10.1. The molecule has 6 heteroatoms. The van der Waals surface area contributed by atoms with E-state index in [1.54, 1.807) is 0 Å². The van der Waals surface area contributed by atoms with Gasteiger partial charge in [-0.1, -0.05) is 12.1 Å². The molecule has 0 bridgehead atoms. The molecule has 0 fully saturated rings. The molecule has 0 spiro atoms. The third-order valence-corrected chi connectivity index (χ3v) is 4.28. The van der Waals surface area contributed by atoms with Gasteiger partial charge in [0.05, 0.1) is 6.04 Å². The van der Waals surface area contributed by atoms with E-state index in [9.17, 15) is 4.79 Å². The van der Waals surface area contributed by atoms with Crippen LogP contribution in [0, 0.1) is 3.57 Å². The molecule has 126 valence electrons. The summed E-state index contributed by atoms with van der Waals surface area (Å²) in [5, 5.41) is 2.93. The van der Waals surface area contributed by atoms with Crippen molar-refractivity contribution in [2.75, 3.05) is 19.8 Å². The van der Waals surface area contributed by atoms with E-state index in [1.807, 2.05) is 49.4 Å². The lowest BCUT2D eigenvalue weighted by Gasteiger charge is -2.21. The van der Waals surface area contributed by atoms with Crippen LogP contribution < -0.4 is 19.5 Å². The molecule has 1 unspecified atom stereocenters. The number of rotatable bonds is 5. The second-order valence-electron chi connectivity index (χ2n) is 5.44. The number of benzene rings is 2. The Bertz CT molecular complexity index is 735. The van der Waals surface area contributed by atoms with Crippen molar-refractivity contribution in [1.29, 1.82) is 0 Å². The van der Waals surface area contributed by atoms with Gasteiger partial charge in [-0.2, -0.15) is 0 Å². The summed E-state index contributed by atoms with van der Waals surface area (Å²) in [4.78, 5) is 12.1. The van der Waals surface area contributed by atoms with Crippen LogP contribution in [0.3, 0.4) is 0 Å². The first-order valence-corrected chi connectivity index (χ1v) is 8.77. The molecule has 1 aliphatic rings. The number of carbonyl (C=O) groups excluding carboxylic acids is 1. The van der Waals surface area contributed by atoms with Gasteiger partial charge in [-0.15, -0.1) is 0 Å². The molecule has 1 N–H and O–H groups in total. The van der Waals surface area contributed by atoms with Crippen LogP contribution in [0.5, 0.6) is 17.2 Å². The van der Waals surface area contributed by atoms with Gasteiger partial charge < -0.3 is 19.5 Å². The molecule has 2 aromatic carbocycles. The highest BCUT2D eigenvalue weighted by Gasteiger charge is 2.16. The van der Waals surface area contributed by atoms with Crippen LogP contribution in [-0.4, -0.2) is 25.7 Å².